The van der Waals surface area contributed by atoms with Gasteiger partial charge in [-0.25, -0.2) is 13.8 Å². The molecular weight excluding hydrogens is 368 g/mol. The zero-order valence-electron chi connectivity index (χ0n) is 12.7. The lowest BCUT2D eigenvalue weighted by atomic mass is 10.1. The van der Waals surface area contributed by atoms with Gasteiger partial charge in [0.25, 0.3) is 0 Å². The Bertz CT molecular complexity index is 694. The monoisotopic (exact) mass is 383 g/mol. The number of carbonyl (C=O) groups is 1. The lowest BCUT2D eigenvalue weighted by Crippen LogP contribution is -2.32. The van der Waals surface area contributed by atoms with Crippen LogP contribution in [0.15, 0.2) is 41.0 Å². The molecule has 0 saturated carbocycles. The van der Waals surface area contributed by atoms with Crippen LogP contribution in [-0.4, -0.2) is 29.4 Å². The number of hydrogen-bond donors (Lipinski definition) is 1. The number of anilines is 1. The quantitative estimate of drug-likeness (QED) is 0.854. The van der Waals surface area contributed by atoms with E-state index < -0.39 is 11.6 Å². The molecule has 0 radical (unpaired) electrons. The Morgan fingerprint density at radius 2 is 2.04 bits per heavy atom. The number of halogens is 3. The largest absolute Gasteiger partial charge is 0.310 e. The molecule has 1 heterocycles. The maximum Gasteiger partial charge on any atom is 0.239 e. The van der Waals surface area contributed by atoms with Gasteiger partial charge in [0.2, 0.25) is 5.91 Å². The Morgan fingerprint density at radius 1 is 1.30 bits per heavy atom. The lowest BCUT2D eigenvalue weighted by molar-refractivity contribution is -0.117. The predicted molar refractivity (Wildman–Crippen MR) is 88.0 cm³/mol. The number of rotatable bonds is 5. The highest BCUT2D eigenvalue weighted by Gasteiger charge is 2.16. The average molecular weight is 384 g/mol. The molecule has 0 fully saturated rings. The van der Waals surface area contributed by atoms with E-state index in [9.17, 15) is 13.6 Å². The molecule has 23 heavy (non-hydrogen) atoms. The molecule has 0 aliphatic rings. The Morgan fingerprint density at radius 3 is 2.65 bits per heavy atom. The smallest absolute Gasteiger partial charge is 0.239 e. The van der Waals surface area contributed by atoms with Crippen LogP contribution in [0.5, 0.6) is 0 Å². The topological polar surface area (TPSA) is 45.2 Å². The van der Waals surface area contributed by atoms with Crippen molar-refractivity contribution < 1.29 is 13.6 Å². The summed E-state index contributed by atoms with van der Waals surface area (Å²) >= 11 is 3.27. The van der Waals surface area contributed by atoms with Crippen LogP contribution in [0.25, 0.3) is 0 Å². The van der Waals surface area contributed by atoms with Gasteiger partial charge in [0, 0.05) is 16.7 Å². The summed E-state index contributed by atoms with van der Waals surface area (Å²) in [5.41, 5.74) is 0.598. The molecule has 0 spiro atoms. The number of likely N-dealkylation sites (N-methyl/N-ethyl adjacent to an activating group) is 1. The predicted octanol–water partition coefficient (Wildman–Crippen LogP) is 3.75. The second kappa shape index (κ2) is 7.61. The maximum atomic E-state index is 13.3. The number of benzene rings is 1. The van der Waals surface area contributed by atoms with Crippen molar-refractivity contribution in [1.82, 2.24) is 9.88 Å². The first kappa shape index (κ1) is 17.5. The number of nitrogens with one attached hydrogen (secondary N) is 1. The highest BCUT2D eigenvalue weighted by molar-refractivity contribution is 9.10. The van der Waals surface area contributed by atoms with Crippen molar-refractivity contribution in [2.75, 3.05) is 18.9 Å². The SMILES string of the molecule is CC(c1ccc(F)c(F)c1)N(C)CC(=O)Nc1ccc(Br)cn1. The van der Waals surface area contributed by atoms with Crippen LogP contribution in [0.2, 0.25) is 0 Å². The second-order valence-electron chi connectivity index (χ2n) is 5.17. The summed E-state index contributed by atoms with van der Waals surface area (Å²) in [6.07, 6.45) is 1.59. The Kier molecular flexibility index (Phi) is 5.79. The summed E-state index contributed by atoms with van der Waals surface area (Å²) in [4.78, 5) is 17.8. The molecule has 0 aliphatic heterocycles. The third-order valence-electron chi connectivity index (χ3n) is 3.48. The Balaban J connectivity index is 1.96. The Hall–Kier alpha value is -1.86. The molecule has 1 N–H and O–H groups in total. The van der Waals surface area contributed by atoms with Crippen molar-refractivity contribution in [2.45, 2.75) is 13.0 Å². The highest BCUT2D eigenvalue weighted by Crippen LogP contribution is 2.20. The van der Waals surface area contributed by atoms with E-state index in [0.29, 0.717) is 11.4 Å². The molecule has 2 aromatic rings. The van der Waals surface area contributed by atoms with E-state index in [1.54, 1.807) is 30.3 Å². The number of pyridine rings is 1. The molecule has 1 aromatic heterocycles. The van der Waals surface area contributed by atoms with Gasteiger partial charge in [0.15, 0.2) is 11.6 Å². The summed E-state index contributed by atoms with van der Waals surface area (Å²) in [5, 5.41) is 2.68. The van der Waals surface area contributed by atoms with E-state index in [4.69, 9.17) is 0 Å². The van der Waals surface area contributed by atoms with Crippen LogP contribution in [0, 0.1) is 11.6 Å². The van der Waals surface area contributed by atoms with Crippen molar-refractivity contribution in [1.29, 1.82) is 0 Å². The molecule has 1 atom stereocenters. The van der Waals surface area contributed by atoms with Crippen molar-refractivity contribution in [2.24, 2.45) is 0 Å². The fourth-order valence-electron chi connectivity index (χ4n) is 2.02. The Labute approximate surface area is 141 Å². The molecule has 2 rings (SSSR count). The van der Waals surface area contributed by atoms with Crippen LogP contribution < -0.4 is 5.32 Å². The van der Waals surface area contributed by atoms with E-state index in [0.717, 1.165) is 16.6 Å². The minimum atomic E-state index is -0.897. The maximum absolute atomic E-state index is 13.3. The molecule has 0 saturated heterocycles. The van der Waals surface area contributed by atoms with Crippen LogP contribution in [0.3, 0.4) is 0 Å². The van der Waals surface area contributed by atoms with Gasteiger partial charge < -0.3 is 5.32 Å². The number of carbonyl (C=O) groups excluding carboxylic acids is 1. The fourth-order valence-corrected chi connectivity index (χ4v) is 2.26. The number of nitrogens with zero attached hydrogens (tertiary/aromatic N) is 2. The molecule has 1 aromatic carbocycles. The number of aromatic nitrogens is 1. The standard InChI is InChI=1S/C16H16BrF2N3O/c1-10(11-3-5-13(18)14(19)7-11)22(2)9-16(23)21-15-6-4-12(17)8-20-15/h3-8,10H,9H2,1-2H3,(H,20,21,23). The van der Waals surface area contributed by atoms with Crippen molar-refractivity contribution in [3.63, 3.8) is 0 Å². The molecule has 1 amide bonds. The second-order valence-corrected chi connectivity index (χ2v) is 6.09. The molecule has 1 unspecified atom stereocenters. The molecule has 4 nitrogen and oxygen atoms in total. The average Bonchev–Trinajstić information content (AvgIpc) is 2.51. The first-order valence-corrected chi connectivity index (χ1v) is 7.72. The van der Waals surface area contributed by atoms with E-state index in [1.807, 2.05) is 6.92 Å². The molecule has 7 heteroatoms. The van der Waals surface area contributed by atoms with Crippen molar-refractivity contribution >= 4 is 27.7 Å². The summed E-state index contributed by atoms with van der Waals surface area (Å²) in [5.74, 6) is -1.57. The van der Waals surface area contributed by atoms with E-state index in [1.165, 1.54) is 6.07 Å². The molecule has 0 aliphatic carbocycles. The minimum Gasteiger partial charge on any atom is -0.310 e. The van der Waals surface area contributed by atoms with Crippen LogP contribution >= 0.6 is 15.9 Å². The minimum absolute atomic E-state index is 0.0951. The van der Waals surface area contributed by atoms with Crippen LogP contribution in [0.4, 0.5) is 14.6 Å². The van der Waals surface area contributed by atoms with Crippen LogP contribution in [0.1, 0.15) is 18.5 Å². The number of hydrogen-bond acceptors (Lipinski definition) is 3. The van der Waals surface area contributed by atoms with Gasteiger partial charge in [0.05, 0.1) is 6.54 Å². The zero-order chi connectivity index (χ0) is 17.0. The third-order valence-corrected chi connectivity index (χ3v) is 3.94. The first-order valence-electron chi connectivity index (χ1n) is 6.93. The van der Waals surface area contributed by atoms with Crippen LogP contribution in [-0.2, 0) is 4.79 Å². The summed E-state index contributed by atoms with van der Waals surface area (Å²) in [7, 11) is 1.74. The van der Waals surface area contributed by atoms with Gasteiger partial charge in [-0.3, -0.25) is 9.69 Å². The van der Waals surface area contributed by atoms with E-state index in [-0.39, 0.29) is 18.5 Å². The van der Waals surface area contributed by atoms with Gasteiger partial charge in [0.1, 0.15) is 5.82 Å². The lowest BCUT2D eigenvalue weighted by Gasteiger charge is -2.24. The summed E-state index contributed by atoms with van der Waals surface area (Å²) in [6.45, 7) is 1.91. The van der Waals surface area contributed by atoms with Gasteiger partial charge in [-0.1, -0.05) is 6.07 Å². The van der Waals surface area contributed by atoms with Gasteiger partial charge in [-0.05, 0) is 59.7 Å². The van der Waals surface area contributed by atoms with Gasteiger partial charge in [-0.15, -0.1) is 0 Å². The molecule has 0 bridgehead atoms. The number of amides is 1. The van der Waals surface area contributed by atoms with E-state index in [2.05, 4.69) is 26.2 Å². The van der Waals surface area contributed by atoms with Gasteiger partial charge in [-0.2, -0.15) is 0 Å². The van der Waals surface area contributed by atoms with Crippen molar-refractivity contribution in [3.8, 4) is 0 Å². The van der Waals surface area contributed by atoms with E-state index >= 15 is 0 Å². The van der Waals surface area contributed by atoms with Gasteiger partial charge >= 0.3 is 0 Å². The molecule has 122 valence electrons. The first-order chi connectivity index (χ1) is 10.9. The van der Waals surface area contributed by atoms with Crippen molar-refractivity contribution in [3.05, 3.63) is 58.2 Å². The highest BCUT2D eigenvalue weighted by atomic mass is 79.9. The molecular formula is C16H16BrF2N3O. The third kappa shape index (κ3) is 4.80. The summed E-state index contributed by atoms with van der Waals surface area (Å²) in [6, 6.07) is 6.95. The normalized spacial score (nSPS) is 12.3. The summed E-state index contributed by atoms with van der Waals surface area (Å²) < 4.78 is 27.1. The zero-order valence-corrected chi connectivity index (χ0v) is 14.3. The fraction of sp³-hybridized carbons (Fsp3) is 0.250.